The van der Waals surface area contributed by atoms with Crippen molar-refractivity contribution in [1.29, 1.82) is 0 Å². The quantitative estimate of drug-likeness (QED) is 0.676. The molecule has 0 heterocycles. The smallest absolute Gasteiger partial charge is 0.315 e. The van der Waals surface area contributed by atoms with Crippen LogP contribution in [-0.2, 0) is 4.79 Å². The fourth-order valence-corrected chi connectivity index (χ4v) is 2.20. The molecule has 22 heavy (non-hydrogen) atoms. The van der Waals surface area contributed by atoms with Crippen LogP contribution in [0.4, 0.5) is 4.79 Å². The molecular weight excluding hydrogens is 280 g/mol. The zero-order valence-corrected chi connectivity index (χ0v) is 13.6. The van der Waals surface area contributed by atoms with Crippen molar-refractivity contribution in [3.63, 3.8) is 0 Å². The molecule has 122 valence electrons. The van der Waals surface area contributed by atoms with E-state index in [1.54, 1.807) is 0 Å². The predicted octanol–water partition coefficient (Wildman–Crippen LogP) is 3.33. The number of aliphatic carboxylic acids is 1. The highest BCUT2D eigenvalue weighted by atomic mass is 16.4. The van der Waals surface area contributed by atoms with E-state index in [-0.39, 0.29) is 23.9 Å². The van der Waals surface area contributed by atoms with E-state index in [0.717, 1.165) is 12.0 Å². The summed E-state index contributed by atoms with van der Waals surface area (Å²) in [5, 5.41) is 14.3. The Morgan fingerprint density at radius 3 is 2.36 bits per heavy atom. The summed E-state index contributed by atoms with van der Waals surface area (Å²) >= 11 is 0. The molecule has 1 unspecified atom stereocenters. The van der Waals surface area contributed by atoms with Crippen LogP contribution < -0.4 is 10.6 Å². The SMILES string of the molecule is CC(C)(C)CC(NC(=O)NCCCC(=O)O)c1ccccc1. The van der Waals surface area contributed by atoms with Gasteiger partial charge in [-0.25, -0.2) is 4.79 Å². The number of nitrogens with one attached hydrogen (secondary N) is 2. The Hall–Kier alpha value is -2.04. The van der Waals surface area contributed by atoms with Crippen molar-refractivity contribution in [3.05, 3.63) is 35.9 Å². The molecule has 0 radical (unpaired) electrons. The molecule has 0 saturated heterocycles. The Morgan fingerprint density at radius 1 is 1.18 bits per heavy atom. The minimum atomic E-state index is -0.850. The van der Waals surface area contributed by atoms with Crippen molar-refractivity contribution in [2.75, 3.05) is 6.54 Å². The second kappa shape index (κ2) is 8.41. The third-order valence-electron chi connectivity index (χ3n) is 3.18. The molecule has 1 rings (SSSR count). The number of carbonyl (C=O) groups excluding carboxylic acids is 1. The number of carboxylic acids is 1. The van der Waals surface area contributed by atoms with Crippen LogP contribution >= 0.6 is 0 Å². The molecule has 1 aromatic rings. The number of amides is 2. The van der Waals surface area contributed by atoms with Crippen molar-refractivity contribution in [3.8, 4) is 0 Å². The first-order valence-electron chi connectivity index (χ1n) is 7.59. The van der Waals surface area contributed by atoms with Crippen molar-refractivity contribution in [1.82, 2.24) is 10.6 Å². The lowest BCUT2D eigenvalue weighted by Gasteiger charge is -2.27. The van der Waals surface area contributed by atoms with Crippen LogP contribution in [-0.4, -0.2) is 23.7 Å². The molecule has 0 fully saturated rings. The van der Waals surface area contributed by atoms with Gasteiger partial charge in [0.1, 0.15) is 0 Å². The number of benzene rings is 1. The maximum Gasteiger partial charge on any atom is 0.315 e. The van der Waals surface area contributed by atoms with E-state index in [1.807, 2.05) is 30.3 Å². The lowest BCUT2D eigenvalue weighted by molar-refractivity contribution is -0.137. The molecule has 0 aliphatic rings. The maximum absolute atomic E-state index is 12.0. The van der Waals surface area contributed by atoms with Crippen molar-refractivity contribution in [2.24, 2.45) is 5.41 Å². The van der Waals surface area contributed by atoms with Crippen molar-refractivity contribution in [2.45, 2.75) is 46.1 Å². The van der Waals surface area contributed by atoms with Gasteiger partial charge in [-0.2, -0.15) is 0 Å². The molecule has 3 N–H and O–H groups in total. The van der Waals surface area contributed by atoms with E-state index in [9.17, 15) is 9.59 Å². The number of hydrogen-bond donors (Lipinski definition) is 3. The van der Waals surface area contributed by atoms with Gasteiger partial charge in [-0.05, 0) is 23.8 Å². The van der Waals surface area contributed by atoms with Crippen LogP contribution in [0.5, 0.6) is 0 Å². The molecule has 1 aromatic carbocycles. The molecule has 0 saturated carbocycles. The second-order valence-corrected chi connectivity index (χ2v) is 6.63. The molecule has 0 spiro atoms. The molecular formula is C17H26N2O3. The molecule has 1 atom stereocenters. The zero-order chi connectivity index (χ0) is 16.6. The summed E-state index contributed by atoms with van der Waals surface area (Å²) in [5.74, 6) is -0.850. The Bertz CT molecular complexity index is 480. The predicted molar refractivity (Wildman–Crippen MR) is 86.7 cm³/mol. The van der Waals surface area contributed by atoms with Crippen molar-refractivity contribution < 1.29 is 14.7 Å². The number of carboxylic acid groups (broad SMARTS) is 1. The molecule has 5 nitrogen and oxygen atoms in total. The van der Waals surface area contributed by atoms with E-state index in [2.05, 4.69) is 31.4 Å². The fraction of sp³-hybridized carbons (Fsp3) is 0.529. The average Bonchev–Trinajstić information content (AvgIpc) is 2.42. The standard InChI is InChI=1S/C17H26N2O3/c1-17(2,3)12-14(13-8-5-4-6-9-13)19-16(22)18-11-7-10-15(20)21/h4-6,8-9,14H,7,10-12H2,1-3H3,(H,20,21)(H2,18,19,22). The summed E-state index contributed by atoms with van der Waals surface area (Å²) < 4.78 is 0. The first-order chi connectivity index (χ1) is 10.3. The van der Waals surface area contributed by atoms with Gasteiger partial charge in [0.05, 0.1) is 6.04 Å². The van der Waals surface area contributed by atoms with Crippen LogP contribution in [0.25, 0.3) is 0 Å². The summed E-state index contributed by atoms with van der Waals surface area (Å²) in [6.07, 6.45) is 1.31. The zero-order valence-electron chi connectivity index (χ0n) is 13.6. The summed E-state index contributed by atoms with van der Waals surface area (Å²) in [4.78, 5) is 22.4. The van der Waals surface area contributed by atoms with E-state index >= 15 is 0 Å². The molecule has 5 heteroatoms. The van der Waals surface area contributed by atoms with E-state index < -0.39 is 5.97 Å². The van der Waals surface area contributed by atoms with E-state index in [0.29, 0.717) is 13.0 Å². The maximum atomic E-state index is 12.0. The number of carbonyl (C=O) groups is 2. The minimum Gasteiger partial charge on any atom is -0.481 e. The highest BCUT2D eigenvalue weighted by molar-refractivity contribution is 5.74. The van der Waals surface area contributed by atoms with Crippen LogP contribution in [0, 0.1) is 5.41 Å². The number of urea groups is 1. The van der Waals surface area contributed by atoms with Gasteiger partial charge in [-0.3, -0.25) is 4.79 Å². The summed E-state index contributed by atoms with van der Waals surface area (Å²) in [6.45, 7) is 6.76. The van der Waals surface area contributed by atoms with Gasteiger partial charge in [0.25, 0.3) is 0 Å². The second-order valence-electron chi connectivity index (χ2n) is 6.63. The van der Waals surface area contributed by atoms with Crippen LogP contribution in [0.3, 0.4) is 0 Å². The summed E-state index contributed by atoms with van der Waals surface area (Å²) in [6, 6.07) is 9.53. The Kier molecular flexibility index (Phi) is 6.89. The lowest BCUT2D eigenvalue weighted by Crippen LogP contribution is -2.39. The average molecular weight is 306 g/mol. The van der Waals surface area contributed by atoms with Gasteiger partial charge >= 0.3 is 12.0 Å². The van der Waals surface area contributed by atoms with Crippen LogP contribution in [0.1, 0.15) is 51.6 Å². The highest BCUT2D eigenvalue weighted by Gasteiger charge is 2.21. The minimum absolute atomic E-state index is 0.0599. The van der Waals surface area contributed by atoms with Crippen LogP contribution in [0.2, 0.25) is 0 Å². The lowest BCUT2D eigenvalue weighted by atomic mass is 9.85. The molecule has 0 bridgehead atoms. The van der Waals surface area contributed by atoms with Gasteiger partial charge < -0.3 is 15.7 Å². The Morgan fingerprint density at radius 2 is 1.82 bits per heavy atom. The number of rotatable bonds is 7. The molecule has 0 aromatic heterocycles. The fourth-order valence-electron chi connectivity index (χ4n) is 2.20. The topological polar surface area (TPSA) is 78.4 Å². The molecule has 2 amide bonds. The first kappa shape index (κ1) is 18.0. The van der Waals surface area contributed by atoms with Gasteiger partial charge in [0.15, 0.2) is 0 Å². The number of hydrogen-bond acceptors (Lipinski definition) is 2. The largest absolute Gasteiger partial charge is 0.481 e. The van der Waals surface area contributed by atoms with Gasteiger partial charge in [0, 0.05) is 13.0 Å². The van der Waals surface area contributed by atoms with Crippen LogP contribution in [0.15, 0.2) is 30.3 Å². The van der Waals surface area contributed by atoms with Gasteiger partial charge in [0.2, 0.25) is 0 Å². The Balaban J connectivity index is 2.57. The Labute approximate surface area is 132 Å². The summed E-state index contributed by atoms with van der Waals surface area (Å²) in [5.41, 5.74) is 1.15. The summed E-state index contributed by atoms with van der Waals surface area (Å²) in [7, 11) is 0. The van der Waals surface area contributed by atoms with E-state index in [4.69, 9.17) is 5.11 Å². The third kappa shape index (κ3) is 7.67. The first-order valence-corrected chi connectivity index (χ1v) is 7.59. The molecule has 0 aliphatic heterocycles. The van der Waals surface area contributed by atoms with Gasteiger partial charge in [-0.15, -0.1) is 0 Å². The monoisotopic (exact) mass is 306 g/mol. The normalized spacial score (nSPS) is 12.5. The third-order valence-corrected chi connectivity index (χ3v) is 3.18. The highest BCUT2D eigenvalue weighted by Crippen LogP contribution is 2.29. The van der Waals surface area contributed by atoms with E-state index in [1.165, 1.54) is 0 Å². The van der Waals surface area contributed by atoms with Gasteiger partial charge in [-0.1, -0.05) is 51.1 Å². The van der Waals surface area contributed by atoms with Crippen molar-refractivity contribution >= 4 is 12.0 Å². The molecule has 0 aliphatic carbocycles.